The lowest BCUT2D eigenvalue weighted by Gasteiger charge is -2.28. The van der Waals surface area contributed by atoms with Crippen molar-refractivity contribution in [2.24, 2.45) is 0 Å². The van der Waals surface area contributed by atoms with Gasteiger partial charge in [-0.15, -0.1) is 0 Å². The maximum Gasteiger partial charge on any atom is 0.167 e. The van der Waals surface area contributed by atoms with Crippen LogP contribution in [0.5, 0.6) is 0 Å². The second-order valence-electron chi connectivity index (χ2n) is 7.96. The molecule has 4 aromatic rings. The average molecular weight is 432 g/mol. The number of nitrogens with zero attached hydrogens (tertiary/aromatic N) is 8. The van der Waals surface area contributed by atoms with Crippen molar-refractivity contribution in [2.75, 3.05) is 37.7 Å². The zero-order valence-corrected chi connectivity index (χ0v) is 18.0. The van der Waals surface area contributed by atoms with Gasteiger partial charge in [0.1, 0.15) is 5.82 Å². The summed E-state index contributed by atoms with van der Waals surface area (Å²) >= 11 is 0. The fourth-order valence-electron chi connectivity index (χ4n) is 4.49. The van der Waals surface area contributed by atoms with Crippen molar-refractivity contribution >= 4 is 17.0 Å². The maximum absolute atomic E-state index is 5.59. The molecule has 0 unspecified atom stereocenters. The first-order chi connectivity index (χ1) is 15.8. The molecule has 0 atom stereocenters. The van der Waals surface area contributed by atoms with Gasteiger partial charge in [0.15, 0.2) is 22.8 Å². The molecule has 2 aliphatic heterocycles. The summed E-state index contributed by atoms with van der Waals surface area (Å²) in [6.45, 7) is 8.33. The number of pyridine rings is 1. The van der Waals surface area contributed by atoms with Crippen LogP contribution in [0, 0.1) is 0 Å². The van der Waals surface area contributed by atoms with Crippen molar-refractivity contribution in [1.29, 1.82) is 0 Å². The number of aromatic nitrogens is 7. The van der Waals surface area contributed by atoms with Crippen molar-refractivity contribution in [3.63, 3.8) is 0 Å². The Bertz CT molecular complexity index is 1260. The Hall–Kier alpha value is -3.37. The molecule has 10 nitrogen and oxygen atoms in total. The second kappa shape index (κ2) is 7.95. The number of ether oxygens (including phenoxy) is 1. The van der Waals surface area contributed by atoms with E-state index in [2.05, 4.69) is 31.8 Å². The predicted octanol–water partition coefficient (Wildman–Crippen LogP) is 1.71. The highest BCUT2D eigenvalue weighted by Crippen LogP contribution is 2.32. The number of nitrogens with one attached hydrogen (secondary N) is 1. The molecular formula is C22H25N9O. The number of rotatable bonds is 4. The first-order valence-electron chi connectivity index (χ1n) is 11.1. The Labute approximate surface area is 185 Å². The van der Waals surface area contributed by atoms with Gasteiger partial charge in [-0.1, -0.05) is 0 Å². The molecule has 10 heteroatoms. The molecule has 0 aliphatic carbocycles. The lowest BCUT2D eigenvalue weighted by atomic mass is 10.2. The number of hydrogen-bond donors (Lipinski definition) is 1. The van der Waals surface area contributed by atoms with Crippen molar-refractivity contribution in [3.8, 4) is 22.8 Å². The largest absolute Gasteiger partial charge is 0.378 e. The van der Waals surface area contributed by atoms with Gasteiger partial charge in [0.25, 0.3) is 0 Å². The Morgan fingerprint density at radius 3 is 2.72 bits per heavy atom. The fraction of sp³-hybridized carbons (Fsp3) is 0.409. The third-order valence-corrected chi connectivity index (χ3v) is 6.12. The Balaban J connectivity index is 1.59. The summed E-state index contributed by atoms with van der Waals surface area (Å²) in [7, 11) is 0. The summed E-state index contributed by atoms with van der Waals surface area (Å²) < 4.78 is 9.80. The minimum absolute atomic E-state index is 0.680. The van der Waals surface area contributed by atoms with Crippen LogP contribution in [0.3, 0.4) is 0 Å². The zero-order valence-electron chi connectivity index (χ0n) is 18.0. The molecule has 0 spiro atoms. The number of fused-ring (bicyclic) bond motifs is 2. The van der Waals surface area contributed by atoms with Gasteiger partial charge in [0, 0.05) is 50.7 Å². The highest BCUT2D eigenvalue weighted by atomic mass is 16.5. The van der Waals surface area contributed by atoms with Gasteiger partial charge in [-0.05, 0) is 19.1 Å². The fourth-order valence-corrected chi connectivity index (χ4v) is 4.49. The third-order valence-electron chi connectivity index (χ3n) is 6.12. The molecule has 32 heavy (non-hydrogen) atoms. The van der Waals surface area contributed by atoms with E-state index in [1.807, 2.05) is 23.0 Å². The first kappa shape index (κ1) is 19.3. The Morgan fingerprint density at radius 2 is 1.91 bits per heavy atom. The minimum Gasteiger partial charge on any atom is -0.378 e. The molecular weight excluding hydrogens is 406 g/mol. The van der Waals surface area contributed by atoms with Crippen LogP contribution in [0.1, 0.15) is 12.6 Å². The molecule has 0 bridgehead atoms. The van der Waals surface area contributed by atoms with Gasteiger partial charge < -0.3 is 19.5 Å². The van der Waals surface area contributed by atoms with E-state index in [-0.39, 0.29) is 0 Å². The lowest BCUT2D eigenvalue weighted by molar-refractivity contribution is 0.122. The van der Waals surface area contributed by atoms with Crippen LogP contribution >= 0.6 is 0 Å². The van der Waals surface area contributed by atoms with Gasteiger partial charge in [-0.3, -0.25) is 9.67 Å². The van der Waals surface area contributed by atoms with E-state index < -0.39 is 0 Å². The topological polar surface area (TPSA) is 98.8 Å². The highest BCUT2D eigenvalue weighted by molar-refractivity contribution is 5.89. The van der Waals surface area contributed by atoms with Crippen LogP contribution in [-0.2, 0) is 24.4 Å². The molecule has 1 N–H and O–H groups in total. The number of imidazole rings is 1. The van der Waals surface area contributed by atoms with E-state index in [0.717, 1.165) is 78.9 Å². The van der Waals surface area contributed by atoms with E-state index in [1.165, 1.54) is 0 Å². The number of morpholine rings is 1. The van der Waals surface area contributed by atoms with Crippen molar-refractivity contribution in [2.45, 2.75) is 26.6 Å². The molecule has 1 fully saturated rings. The Kier molecular flexibility index (Phi) is 4.80. The summed E-state index contributed by atoms with van der Waals surface area (Å²) in [5.41, 5.74) is 4.78. The molecule has 0 radical (unpaired) electrons. The number of anilines is 1. The molecule has 1 saturated heterocycles. The monoisotopic (exact) mass is 431 g/mol. The minimum atomic E-state index is 0.680. The second-order valence-corrected chi connectivity index (χ2v) is 7.96. The van der Waals surface area contributed by atoms with E-state index in [9.17, 15) is 0 Å². The standard InChI is InChI=1S/C22H25N9O/c1-2-30-20(15-3-5-23-6-4-15)26-18-21(29-9-11-32-12-10-29)27-19(28-22(18)30)16-13-25-31-8-7-24-14-17(16)31/h3-6,13,24H,2,7-12,14H2,1H3. The van der Waals surface area contributed by atoms with Crippen LogP contribution in [0.15, 0.2) is 30.7 Å². The third kappa shape index (κ3) is 3.14. The summed E-state index contributed by atoms with van der Waals surface area (Å²) in [4.78, 5) is 21.5. The smallest absolute Gasteiger partial charge is 0.167 e. The van der Waals surface area contributed by atoms with E-state index in [0.29, 0.717) is 19.0 Å². The number of aryl methyl sites for hydroxylation is 1. The van der Waals surface area contributed by atoms with Gasteiger partial charge >= 0.3 is 0 Å². The van der Waals surface area contributed by atoms with Crippen molar-refractivity contribution < 1.29 is 4.74 Å². The van der Waals surface area contributed by atoms with Crippen LogP contribution in [0.2, 0.25) is 0 Å². The van der Waals surface area contributed by atoms with Crippen LogP contribution in [0.25, 0.3) is 33.9 Å². The van der Waals surface area contributed by atoms with E-state index in [4.69, 9.17) is 19.7 Å². The predicted molar refractivity (Wildman–Crippen MR) is 120 cm³/mol. The van der Waals surface area contributed by atoms with E-state index >= 15 is 0 Å². The maximum atomic E-state index is 5.59. The molecule has 0 aromatic carbocycles. The highest BCUT2D eigenvalue weighted by Gasteiger charge is 2.25. The van der Waals surface area contributed by atoms with E-state index in [1.54, 1.807) is 12.4 Å². The summed E-state index contributed by atoms with van der Waals surface area (Å²) in [5.74, 6) is 2.43. The van der Waals surface area contributed by atoms with Crippen LogP contribution in [0.4, 0.5) is 5.82 Å². The summed E-state index contributed by atoms with van der Waals surface area (Å²) in [6, 6.07) is 3.96. The number of hydrogen-bond acceptors (Lipinski definition) is 8. The molecule has 6 rings (SSSR count). The van der Waals surface area contributed by atoms with Crippen molar-refractivity contribution in [3.05, 3.63) is 36.4 Å². The van der Waals surface area contributed by atoms with Gasteiger partial charge in [-0.2, -0.15) is 5.10 Å². The molecule has 6 heterocycles. The average Bonchev–Trinajstić information content (AvgIpc) is 3.46. The van der Waals surface area contributed by atoms with Gasteiger partial charge in [-0.25, -0.2) is 15.0 Å². The zero-order chi connectivity index (χ0) is 21.5. The normalized spacial score (nSPS) is 16.5. The molecule has 4 aromatic heterocycles. The quantitative estimate of drug-likeness (QED) is 0.521. The van der Waals surface area contributed by atoms with Gasteiger partial charge in [0.05, 0.1) is 37.2 Å². The SMILES string of the molecule is CCn1c(-c2ccncc2)nc2c(N3CCOCC3)nc(-c3cnn4c3CNCC4)nc21. The van der Waals surface area contributed by atoms with Crippen molar-refractivity contribution in [1.82, 2.24) is 39.6 Å². The first-order valence-corrected chi connectivity index (χ1v) is 11.1. The Morgan fingerprint density at radius 1 is 1.06 bits per heavy atom. The van der Waals surface area contributed by atoms with Crippen LogP contribution < -0.4 is 10.2 Å². The van der Waals surface area contributed by atoms with Crippen LogP contribution in [-0.4, -0.2) is 67.1 Å². The lowest BCUT2D eigenvalue weighted by Crippen LogP contribution is -2.37. The molecule has 0 saturated carbocycles. The summed E-state index contributed by atoms with van der Waals surface area (Å²) in [6.07, 6.45) is 5.48. The molecule has 0 amide bonds. The molecule has 164 valence electrons. The van der Waals surface area contributed by atoms with Gasteiger partial charge in [0.2, 0.25) is 0 Å². The summed E-state index contributed by atoms with van der Waals surface area (Å²) in [5, 5.41) is 8.02. The molecule has 2 aliphatic rings.